The van der Waals surface area contributed by atoms with Crippen LogP contribution in [0, 0.1) is 24.1 Å². The van der Waals surface area contributed by atoms with E-state index in [0.717, 1.165) is 29.8 Å². The molecule has 0 aliphatic rings. The minimum atomic E-state index is -3.95. The molecule has 0 bridgehead atoms. The minimum Gasteiger partial charge on any atom is -0.218 e. The first-order valence-corrected chi connectivity index (χ1v) is 7.61. The van der Waals surface area contributed by atoms with Crippen LogP contribution in [0.25, 0.3) is 6.08 Å². The van der Waals surface area contributed by atoms with Gasteiger partial charge in [0.15, 0.2) is 0 Å². The molecule has 2 aromatic rings. The predicted molar refractivity (Wildman–Crippen MR) is 78.4 cm³/mol. The zero-order valence-electron chi connectivity index (χ0n) is 11.2. The first-order valence-electron chi connectivity index (χ1n) is 6.13. The highest BCUT2D eigenvalue weighted by molar-refractivity contribution is 7.95. The maximum absolute atomic E-state index is 12.9. The van der Waals surface area contributed by atoms with Gasteiger partial charge in [-0.2, -0.15) is 5.26 Å². The van der Waals surface area contributed by atoms with Crippen molar-refractivity contribution < 1.29 is 12.8 Å². The lowest BCUT2D eigenvalue weighted by Crippen LogP contribution is -2.03. The third kappa shape index (κ3) is 3.18. The highest BCUT2D eigenvalue weighted by atomic mass is 32.2. The van der Waals surface area contributed by atoms with E-state index in [9.17, 15) is 12.8 Å². The standard InChI is InChI=1S/C16H12FNO2S/c1-12-4-2-3-5-13(12)10-16(11-18)21(19,20)15-8-6-14(17)7-9-15/h2-10H,1H3. The first-order chi connectivity index (χ1) is 9.95. The van der Waals surface area contributed by atoms with Crippen molar-refractivity contribution in [2.45, 2.75) is 11.8 Å². The van der Waals surface area contributed by atoms with E-state index < -0.39 is 15.7 Å². The van der Waals surface area contributed by atoms with Gasteiger partial charge in [0.05, 0.1) is 4.90 Å². The van der Waals surface area contributed by atoms with Crippen molar-refractivity contribution in [2.24, 2.45) is 0 Å². The van der Waals surface area contributed by atoms with Crippen molar-refractivity contribution >= 4 is 15.9 Å². The molecular formula is C16H12FNO2S. The SMILES string of the molecule is Cc1ccccc1C=C(C#N)S(=O)(=O)c1ccc(F)cc1. The molecule has 0 amide bonds. The Morgan fingerprint density at radius 3 is 2.33 bits per heavy atom. The second-order valence-corrected chi connectivity index (χ2v) is 6.35. The first kappa shape index (κ1) is 14.9. The summed E-state index contributed by atoms with van der Waals surface area (Å²) in [7, 11) is -3.95. The molecule has 0 heterocycles. The number of halogens is 1. The van der Waals surface area contributed by atoms with Crippen LogP contribution in [0.5, 0.6) is 0 Å². The average molecular weight is 301 g/mol. The van der Waals surface area contributed by atoms with Crippen LogP contribution >= 0.6 is 0 Å². The summed E-state index contributed by atoms with van der Waals surface area (Å²) in [5.41, 5.74) is 1.51. The summed E-state index contributed by atoms with van der Waals surface area (Å²) in [6, 6.07) is 13.2. The van der Waals surface area contributed by atoms with Crippen LogP contribution in [-0.4, -0.2) is 8.42 Å². The van der Waals surface area contributed by atoms with Gasteiger partial charge < -0.3 is 0 Å². The van der Waals surface area contributed by atoms with Crippen molar-refractivity contribution in [3.05, 3.63) is 70.4 Å². The second kappa shape index (κ2) is 5.90. The Labute approximate surface area is 122 Å². The number of hydrogen-bond donors (Lipinski definition) is 0. The summed E-state index contributed by atoms with van der Waals surface area (Å²) < 4.78 is 37.6. The van der Waals surface area contributed by atoms with E-state index >= 15 is 0 Å². The van der Waals surface area contributed by atoms with Gasteiger partial charge in [0.25, 0.3) is 0 Å². The van der Waals surface area contributed by atoms with E-state index in [4.69, 9.17) is 5.26 Å². The molecule has 0 saturated heterocycles. The van der Waals surface area contributed by atoms with E-state index in [1.54, 1.807) is 18.2 Å². The molecule has 2 aromatic carbocycles. The van der Waals surface area contributed by atoms with Gasteiger partial charge in [-0.1, -0.05) is 24.3 Å². The molecule has 0 radical (unpaired) electrons. The number of allylic oxidation sites excluding steroid dienone is 1. The molecule has 5 heteroatoms. The van der Waals surface area contributed by atoms with Gasteiger partial charge in [-0.25, -0.2) is 12.8 Å². The molecular weight excluding hydrogens is 289 g/mol. The number of nitrogens with zero attached hydrogens (tertiary/aromatic N) is 1. The Morgan fingerprint density at radius 1 is 1.14 bits per heavy atom. The molecule has 0 N–H and O–H groups in total. The predicted octanol–water partition coefficient (Wildman–Crippen LogP) is 3.47. The fourth-order valence-corrected chi connectivity index (χ4v) is 2.95. The molecule has 0 unspecified atom stereocenters. The van der Waals surface area contributed by atoms with Crippen LogP contribution in [0.2, 0.25) is 0 Å². The van der Waals surface area contributed by atoms with Crippen molar-refractivity contribution in [2.75, 3.05) is 0 Å². The Bertz CT molecular complexity index is 831. The van der Waals surface area contributed by atoms with E-state index in [-0.39, 0.29) is 9.80 Å². The topological polar surface area (TPSA) is 57.9 Å². The Hall–Kier alpha value is -2.45. The van der Waals surface area contributed by atoms with Crippen LogP contribution in [0.15, 0.2) is 58.3 Å². The summed E-state index contributed by atoms with van der Waals surface area (Å²) in [6.45, 7) is 1.82. The number of hydrogen-bond acceptors (Lipinski definition) is 3. The maximum Gasteiger partial charge on any atom is 0.216 e. The van der Waals surface area contributed by atoms with Crippen molar-refractivity contribution in [3.63, 3.8) is 0 Å². The van der Waals surface area contributed by atoms with Crippen LogP contribution in [-0.2, 0) is 9.84 Å². The van der Waals surface area contributed by atoms with E-state index in [2.05, 4.69) is 0 Å². The Kier molecular flexibility index (Phi) is 4.20. The Morgan fingerprint density at radius 2 is 1.76 bits per heavy atom. The zero-order chi connectivity index (χ0) is 15.5. The number of rotatable bonds is 3. The van der Waals surface area contributed by atoms with E-state index in [0.29, 0.717) is 5.56 Å². The summed E-state index contributed by atoms with van der Waals surface area (Å²) in [5.74, 6) is -0.532. The molecule has 0 aliphatic carbocycles. The lowest BCUT2D eigenvalue weighted by Gasteiger charge is -2.04. The monoisotopic (exact) mass is 301 g/mol. The molecule has 21 heavy (non-hydrogen) atoms. The van der Waals surface area contributed by atoms with Crippen molar-refractivity contribution in [1.29, 1.82) is 5.26 Å². The number of nitriles is 1. The van der Waals surface area contributed by atoms with Gasteiger partial charge in [-0.3, -0.25) is 0 Å². The van der Waals surface area contributed by atoms with Gasteiger partial charge >= 0.3 is 0 Å². The third-order valence-electron chi connectivity index (χ3n) is 3.00. The largest absolute Gasteiger partial charge is 0.218 e. The fourth-order valence-electron chi connectivity index (χ4n) is 1.80. The van der Waals surface area contributed by atoms with Crippen LogP contribution in [0.1, 0.15) is 11.1 Å². The smallest absolute Gasteiger partial charge is 0.216 e. The van der Waals surface area contributed by atoms with Crippen LogP contribution < -0.4 is 0 Å². The normalized spacial score (nSPS) is 12.0. The molecule has 106 valence electrons. The van der Waals surface area contributed by atoms with Gasteiger partial charge in [-0.05, 0) is 48.4 Å². The minimum absolute atomic E-state index is 0.106. The number of sulfone groups is 1. The second-order valence-electron chi connectivity index (χ2n) is 4.43. The lowest BCUT2D eigenvalue weighted by atomic mass is 10.1. The lowest BCUT2D eigenvalue weighted by molar-refractivity contribution is 0.601. The van der Waals surface area contributed by atoms with Crippen LogP contribution in [0.4, 0.5) is 4.39 Å². The van der Waals surface area contributed by atoms with E-state index in [1.807, 2.05) is 19.1 Å². The quantitative estimate of drug-likeness (QED) is 0.644. The molecule has 0 aliphatic heterocycles. The molecule has 0 fully saturated rings. The summed E-state index contributed by atoms with van der Waals surface area (Å²) in [5, 5.41) is 9.16. The van der Waals surface area contributed by atoms with Crippen molar-refractivity contribution in [1.82, 2.24) is 0 Å². The zero-order valence-corrected chi connectivity index (χ0v) is 12.1. The fraction of sp³-hybridized carbons (Fsp3) is 0.0625. The molecule has 0 atom stereocenters. The molecule has 0 spiro atoms. The summed E-state index contributed by atoms with van der Waals surface area (Å²) >= 11 is 0. The number of aryl methyl sites for hydroxylation is 1. The average Bonchev–Trinajstić information content (AvgIpc) is 2.46. The Balaban J connectivity index is 2.53. The molecule has 0 aromatic heterocycles. The third-order valence-corrected chi connectivity index (χ3v) is 4.68. The van der Waals surface area contributed by atoms with Gasteiger partial charge in [-0.15, -0.1) is 0 Å². The summed E-state index contributed by atoms with van der Waals surface area (Å²) in [4.78, 5) is -0.478. The number of benzene rings is 2. The highest BCUT2D eigenvalue weighted by Crippen LogP contribution is 2.22. The molecule has 0 saturated carbocycles. The molecule has 2 rings (SSSR count). The van der Waals surface area contributed by atoms with Gasteiger partial charge in [0.2, 0.25) is 9.84 Å². The van der Waals surface area contributed by atoms with Gasteiger partial charge in [0.1, 0.15) is 16.8 Å². The molecule has 3 nitrogen and oxygen atoms in total. The van der Waals surface area contributed by atoms with Gasteiger partial charge in [0, 0.05) is 0 Å². The summed E-state index contributed by atoms with van der Waals surface area (Å²) in [6.07, 6.45) is 1.33. The van der Waals surface area contributed by atoms with E-state index in [1.165, 1.54) is 6.08 Å². The van der Waals surface area contributed by atoms with Crippen molar-refractivity contribution in [3.8, 4) is 6.07 Å². The van der Waals surface area contributed by atoms with Crippen LogP contribution in [0.3, 0.4) is 0 Å². The maximum atomic E-state index is 12.9. The highest BCUT2D eigenvalue weighted by Gasteiger charge is 2.20.